The van der Waals surface area contributed by atoms with Crippen molar-refractivity contribution in [2.45, 2.75) is 25.8 Å². The molecule has 5 nitrogen and oxygen atoms in total. The number of methoxy groups -OCH3 is 2. The van der Waals surface area contributed by atoms with E-state index in [9.17, 15) is 4.79 Å². The molecule has 4 aromatic rings. The van der Waals surface area contributed by atoms with Crippen LogP contribution >= 0.6 is 0 Å². The summed E-state index contributed by atoms with van der Waals surface area (Å²) in [4.78, 5) is 12.9. The molecule has 1 aromatic heterocycles. The molecule has 0 bridgehead atoms. The number of amides is 1. The maximum atomic E-state index is 15.1. The molecule has 0 aliphatic carbocycles. The van der Waals surface area contributed by atoms with Gasteiger partial charge >= 0.3 is 0 Å². The predicted octanol–water partition coefficient (Wildman–Crippen LogP) is 5.43. The summed E-state index contributed by atoms with van der Waals surface area (Å²) >= 11 is 0. The number of aromatic nitrogens is 1. The number of rotatable bonds is 10. The fourth-order valence-corrected chi connectivity index (χ4v) is 4.48. The number of carbonyl (C=O) groups excluding carboxylic acids is 1. The highest BCUT2D eigenvalue weighted by Gasteiger charge is 2.25. The standard InChI is InChI=1S/C29H31FN2O3/c1-20-8-13-27(30)25(16-20)24(17-29(33)31-14-15-34-2)26-19-32(28-7-5-4-6-23(26)28)18-21-9-11-22(35-3)12-10-21/h4-13,16,19,24H,14-15,17-18H2,1-3H3,(H,31,33)/t24-/m0/s1. The van der Waals surface area contributed by atoms with Crippen molar-refractivity contribution in [3.63, 3.8) is 0 Å². The van der Waals surface area contributed by atoms with Crippen molar-refractivity contribution in [1.82, 2.24) is 9.88 Å². The minimum atomic E-state index is -0.431. The van der Waals surface area contributed by atoms with Crippen molar-refractivity contribution in [2.24, 2.45) is 0 Å². The number of nitrogens with one attached hydrogen (secondary N) is 1. The molecule has 0 spiro atoms. The van der Waals surface area contributed by atoms with Crippen molar-refractivity contribution >= 4 is 16.8 Å². The fourth-order valence-electron chi connectivity index (χ4n) is 4.48. The molecule has 182 valence electrons. The summed E-state index contributed by atoms with van der Waals surface area (Å²) in [5.41, 5.74) is 4.57. The van der Waals surface area contributed by atoms with Crippen LogP contribution in [0.15, 0.2) is 72.9 Å². The van der Waals surface area contributed by atoms with E-state index in [1.807, 2.05) is 55.5 Å². The van der Waals surface area contributed by atoms with Crippen LogP contribution in [0.3, 0.4) is 0 Å². The normalized spacial score (nSPS) is 12.0. The van der Waals surface area contributed by atoms with Gasteiger partial charge in [-0.2, -0.15) is 0 Å². The van der Waals surface area contributed by atoms with Gasteiger partial charge in [0.15, 0.2) is 0 Å². The summed E-state index contributed by atoms with van der Waals surface area (Å²) in [6, 6.07) is 21.1. The highest BCUT2D eigenvalue weighted by atomic mass is 19.1. The first-order valence-electron chi connectivity index (χ1n) is 11.7. The molecule has 0 unspecified atom stereocenters. The number of halogens is 1. The van der Waals surface area contributed by atoms with E-state index in [2.05, 4.69) is 22.1 Å². The molecular weight excluding hydrogens is 443 g/mol. The van der Waals surface area contributed by atoms with Crippen LogP contribution in [0.25, 0.3) is 10.9 Å². The third-order valence-electron chi connectivity index (χ3n) is 6.25. The van der Waals surface area contributed by atoms with Gasteiger partial charge in [-0.1, -0.05) is 48.0 Å². The second kappa shape index (κ2) is 11.2. The summed E-state index contributed by atoms with van der Waals surface area (Å²) in [7, 11) is 3.24. The molecule has 0 saturated carbocycles. The molecule has 3 aromatic carbocycles. The molecule has 1 amide bonds. The molecule has 0 aliphatic heterocycles. The topological polar surface area (TPSA) is 52.5 Å². The van der Waals surface area contributed by atoms with Crippen LogP contribution in [-0.4, -0.2) is 37.8 Å². The van der Waals surface area contributed by atoms with Crippen LogP contribution in [0, 0.1) is 12.7 Å². The van der Waals surface area contributed by atoms with Crippen molar-refractivity contribution in [1.29, 1.82) is 0 Å². The minimum absolute atomic E-state index is 0.139. The van der Waals surface area contributed by atoms with Gasteiger partial charge in [0.1, 0.15) is 11.6 Å². The summed E-state index contributed by atoms with van der Waals surface area (Å²) in [6.45, 7) is 3.42. The summed E-state index contributed by atoms with van der Waals surface area (Å²) < 4.78 is 27.6. The maximum Gasteiger partial charge on any atom is 0.221 e. The van der Waals surface area contributed by atoms with Crippen LogP contribution in [0.2, 0.25) is 0 Å². The van der Waals surface area contributed by atoms with E-state index < -0.39 is 5.92 Å². The molecule has 0 radical (unpaired) electrons. The first kappa shape index (κ1) is 24.5. The van der Waals surface area contributed by atoms with Crippen molar-refractivity contribution in [3.05, 3.63) is 101 Å². The average molecular weight is 475 g/mol. The zero-order chi connectivity index (χ0) is 24.8. The zero-order valence-electron chi connectivity index (χ0n) is 20.4. The number of fused-ring (bicyclic) bond motifs is 1. The maximum absolute atomic E-state index is 15.1. The van der Waals surface area contributed by atoms with Gasteiger partial charge in [-0.3, -0.25) is 4.79 Å². The lowest BCUT2D eigenvalue weighted by atomic mass is 9.87. The molecule has 1 N–H and O–H groups in total. The van der Waals surface area contributed by atoms with Gasteiger partial charge in [0.05, 0.1) is 13.7 Å². The minimum Gasteiger partial charge on any atom is -0.497 e. The molecule has 0 fully saturated rings. The molecule has 1 heterocycles. The molecule has 4 rings (SSSR count). The molecule has 1 atom stereocenters. The lowest BCUT2D eigenvalue weighted by Crippen LogP contribution is -2.28. The van der Waals surface area contributed by atoms with E-state index in [1.165, 1.54) is 6.07 Å². The Morgan fingerprint density at radius 3 is 2.54 bits per heavy atom. The quantitative estimate of drug-likeness (QED) is 0.312. The average Bonchev–Trinajstić information content (AvgIpc) is 3.23. The predicted molar refractivity (Wildman–Crippen MR) is 137 cm³/mol. The lowest BCUT2D eigenvalue weighted by Gasteiger charge is -2.18. The Labute approximate surface area is 205 Å². The SMILES string of the molecule is COCCNC(=O)C[C@@H](c1cc(C)ccc1F)c1cn(Cc2ccc(OC)cc2)c2ccccc12. The molecular formula is C29H31FN2O3. The van der Waals surface area contributed by atoms with Gasteiger partial charge in [0.2, 0.25) is 5.91 Å². The summed E-state index contributed by atoms with van der Waals surface area (Å²) in [5, 5.41) is 3.90. The first-order valence-corrected chi connectivity index (χ1v) is 11.7. The Morgan fingerprint density at radius 2 is 1.80 bits per heavy atom. The second-order valence-electron chi connectivity index (χ2n) is 8.70. The Balaban J connectivity index is 1.76. The first-order chi connectivity index (χ1) is 17.0. The van der Waals surface area contributed by atoms with Gasteiger partial charge in [-0.05, 0) is 47.9 Å². The Morgan fingerprint density at radius 1 is 1.03 bits per heavy atom. The van der Waals surface area contributed by atoms with Crippen LogP contribution < -0.4 is 10.1 Å². The number of hydrogen-bond acceptors (Lipinski definition) is 3. The van der Waals surface area contributed by atoms with Gasteiger partial charge < -0.3 is 19.4 Å². The number of aryl methyl sites for hydroxylation is 1. The summed E-state index contributed by atoms with van der Waals surface area (Å²) in [5.74, 6) is -0.0713. The number of para-hydroxylation sites is 1. The van der Waals surface area contributed by atoms with E-state index in [1.54, 1.807) is 20.3 Å². The molecule has 0 saturated heterocycles. The molecule has 0 aliphatic rings. The van der Waals surface area contributed by atoms with Gasteiger partial charge in [0.25, 0.3) is 0 Å². The van der Waals surface area contributed by atoms with Crippen LogP contribution in [-0.2, 0) is 16.1 Å². The Bertz CT molecular complexity index is 1300. The number of ether oxygens (including phenoxy) is 2. The van der Waals surface area contributed by atoms with Gasteiger partial charge in [0, 0.05) is 49.6 Å². The van der Waals surface area contributed by atoms with Gasteiger partial charge in [-0.15, -0.1) is 0 Å². The second-order valence-corrected chi connectivity index (χ2v) is 8.70. The lowest BCUT2D eigenvalue weighted by molar-refractivity contribution is -0.121. The monoisotopic (exact) mass is 474 g/mol. The third-order valence-corrected chi connectivity index (χ3v) is 6.25. The van der Waals surface area contributed by atoms with E-state index >= 15 is 4.39 Å². The van der Waals surface area contributed by atoms with Crippen molar-refractivity contribution in [2.75, 3.05) is 27.4 Å². The number of benzene rings is 3. The number of nitrogens with zero attached hydrogens (tertiary/aromatic N) is 1. The van der Waals surface area contributed by atoms with E-state index in [-0.39, 0.29) is 18.1 Å². The Hall–Kier alpha value is -3.64. The highest BCUT2D eigenvalue weighted by molar-refractivity contribution is 5.87. The molecule has 35 heavy (non-hydrogen) atoms. The molecule has 6 heteroatoms. The third kappa shape index (κ3) is 5.72. The zero-order valence-corrected chi connectivity index (χ0v) is 20.4. The van der Waals surface area contributed by atoms with E-state index in [0.29, 0.717) is 25.3 Å². The van der Waals surface area contributed by atoms with Gasteiger partial charge in [-0.25, -0.2) is 4.39 Å². The number of hydrogen-bond donors (Lipinski definition) is 1. The Kier molecular flexibility index (Phi) is 7.83. The fraction of sp³-hybridized carbons (Fsp3) is 0.276. The largest absolute Gasteiger partial charge is 0.497 e. The van der Waals surface area contributed by atoms with Crippen molar-refractivity contribution < 1.29 is 18.7 Å². The smallest absolute Gasteiger partial charge is 0.221 e. The van der Waals surface area contributed by atoms with E-state index in [4.69, 9.17) is 9.47 Å². The van der Waals surface area contributed by atoms with Crippen LogP contribution in [0.1, 0.15) is 34.6 Å². The highest BCUT2D eigenvalue weighted by Crippen LogP contribution is 2.36. The van der Waals surface area contributed by atoms with Crippen LogP contribution in [0.5, 0.6) is 5.75 Å². The van der Waals surface area contributed by atoms with E-state index in [0.717, 1.165) is 33.3 Å². The summed E-state index contributed by atoms with van der Waals surface area (Å²) in [6.07, 6.45) is 2.20. The van der Waals surface area contributed by atoms with Crippen LogP contribution in [0.4, 0.5) is 4.39 Å². The van der Waals surface area contributed by atoms with Crippen molar-refractivity contribution in [3.8, 4) is 5.75 Å². The number of carbonyl (C=O) groups is 1.